The number of benzene rings is 4. The van der Waals surface area contributed by atoms with Crippen molar-refractivity contribution in [3.63, 3.8) is 0 Å². The molecule has 35 heavy (non-hydrogen) atoms. The van der Waals surface area contributed by atoms with Crippen LogP contribution in [0.25, 0.3) is 0 Å². The van der Waals surface area contributed by atoms with E-state index in [4.69, 9.17) is 0 Å². The molecule has 0 heterocycles. The average molecular weight is 485 g/mol. The third-order valence-corrected chi connectivity index (χ3v) is 7.22. The Balaban J connectivity index is 1.63. The quantitative estimate of drug-likeness (QED) is 0.333. The highest BCUT2D eigenvalue weighted by atomic mass is 32.2. The number of nitrogens with one attached hydrogen (secondary N) is 1. The number of para-hydroxylation sites is 1. The van der Waals surface area contributed by atoms with E-state index in [1.807, 2.05) is 36.4 Å². The largest absolute Gasteiger partial charge is 0.322 e. The van der Waals surface area contributed by atoms with E-state index in [1.54, 1.807) is 60.7 Å². The van der Waals surface area contributed by atoms with Gasteiger partial charge < -0.3 is 5.32 Å². The highest BCUT2D eigenvalue weighted by Crippen LogP contribution is 2.26. The van der Waals surface area contributed by atoms with Gasteiger partial charge in [0.25, 0.3) is 15.9 Å². The van der Waals surface area contributed by atoms with E-state index in [2.05, 4.69) is 5.32 Å². The number of hydrogen-bond acceptors (Lipinski definition) is 4. The lowest BCUT2D eigenvalue weighted by atomic mass is 10.1. The number of carbonyl (C=O) groups excluding carboxylic acids is 2. The summed E-state index contributed by atoms with van der Waals surface area (Å²) in [6.07, 6.45) is 0. The van der Waals surface area contributed by atoms with Crippen LogP contribution in [0.5, 0.6) is 0 Å². The van der Waals surface area contributed by atoms with Gasteiger partial charge in [-0.15, -0.1) is 0 Å². The molecule has 0 saturated carbocycles. The molecule has 0 saturated heterocycles. The fourth-order valence-corrected chi connectivity index (χ4v) is 5.07. The second kappa shape index (κ2) is 10.4. The molecule has 0 bridgehead atoms. The van der Waals surface area contributed by atoms with Gasteiger partial charge in [0, 0.05) is 16.8 Å². The molecule has 4 aromatic carbocycles. The number of Topliss-reactive ketones (excluding diaryl/α,β-unsaturated/α-hetero) is 1. The standard InChI is InChI=1S/C28H24N2O4S/c1-21(31)23-15-17-25(18-16-23)29-28(32)24-11-8-14-27(19-24)35(33,34)30(26-12-6-3-7-13-26)20-22-9-4-2-5-10-22/h2-19H,20H2,1H3,(H,29,32). The van der Waals surface area contributed by atoms with Crippen LogP contribution >= 0.6 is 0 Å². The average Bonchev–Trinajstić information content (AvgIpc) is 2.88. The first-order valence-electron chi connectivity index (χ1n) is 11.0. The van der Waals surface area contributed by atoms with Gasteiger partial charge in [-0.05, 0) is 67.1 Å². The molecule has 0 aliphatic carbocycles. The van der Waals surface area contributed by atoms with Crippen molar-refractivity contribution in [1.29, 1.82) is 0 Å². The molecule has 0 aromatic heterocycles. The Morgan fingerprint density at radius 1 is 0.743 bits per heavy atom. The molecule has 1 amide bonds. The number of nitrogens with zero attached hydrogens (tertiary/aromatic N) is 1. The van der Waals surface area contributed by atoms with Gasteiger partial charge in [-0.2, -0.15) is 0 Å². The van der Waals surface area contributed by atoms with Gasteiger partial charge in [-0.1, -0.05) is 54.6 Å². The molecular weight excluding hydrogens is 460 g/mol. The molecule has 0 spiro atoms. The molecule has 4 rings (SSSR count). The summed E-state index contributed by atoms with van der Waals surface area (Å²) in [4.78, 5) is 24.3. The molecule has 176 valence electrons. The first-order valence-corrected chi connectivity index (χ1v) is 12.4. The van der Waals surface area contributed by atoms with E-state index in [0.29, 0.717) is 16.9 Å². The number of anilines is 2. The minimum atomic E-state index is -3.98. The number of sulfonamides is 1. The van der Waals surface area contributed by atoms with E-state index in [9.17, 15) is 18.0 Å². The molecule has 0 atom stereocenters. The highest BCUT2D eigenvalue weighted by Gasteiger charge is 2.26. The summed E-state index contributed by atoms with van der Waals surface area (Å²) in [5.74, 6) is -0.522. The van der Waals surface area contributed by atoms with E-state index in [1.165, 1.54) is 23.4 Å². The smallest absolute Gasteiger partial charge is 0.264 e. The van der Waals surface area contributed by atoms with Gasteiger partial charge in [-0.25, -0.2) is 8.42 Å². The monoisotopic (exact) mass is 484 g/mol. The summed E-state index contributed by atoms with van der Waals surface area (Å²) in [7, 11) is -3.98. The molecule has 0 aliphatic rings. The van der Waals surface area contributed by atoms with Gasteiger partial charge in [0.05, 0.1) is 17.1 Å². The van der Waals surface area contributed by atoms with Crippen LogP contribution in [0.3, 0.4) is 0 Å². The molecule has 7 heteroatoms. The summed E-state index contributed by atoms with van der Waals surface area (Å²) in [5.41, 5.74) is 2.60. The van der Waals surface area contributed by atoms with Crippen LogP contribution in [-0.2, 0) is 16.6 Å². The second-order valence-corrected chi connectivity index (χ2v) is 9.81. The predicted molar refractivity (Wildman–Crippen MR) is 137 cm³/mol. The summed E-state index contributed by atoms with van der Waals surface area (Å²) in [6, 6.07) is 30.7. The third kappa shape index (κ3) is 5.65. The summed E-state index contributed by atoms with van der Waals surface area (Å²) >= 11 is 0. The van der Waals surface area contributed by atoms with E-state index in [0.717, 1.165) is 5.56 Å². The molecule has 0 unspecified atom stereocenters. The van der Waals surface area contributed by atoms with Crippen molar-refractivity contribution >= 4 is 33.1 Å². The SMILES string of the molecule is CC(=O)c1ccc(NC(=O)c2cccc(S(=O)(=O)N(Cc3ccccc3)c3ccccc3)c2)cc1. The van der Waals surface area contributed by atoms with Gasteiger partial charge in [0.15, 0.2) is 5.78 Å². The zero-order valence-corrected chi connectivity index (χ0v) is 19.9. The molecule has 4 aromatic rings. The lowest BCUT2D eigenvalue weighted by Gasteiger charge is -2.25. The Morgan fingerprint density at radius 3 is 2.00 bits per heavy atom. The Bertz CT molecular complexity index is 1440. The number of ketones is 1. The molecule has 1 N–H and O–H groups in total. The zero-order chi connectivity index (χ0) is 24.8. The first-order chi connectivity index (χ1) is 16.8. The van der Waals surface area contributed by atoms with Crippen molar-refractivity contribution in [2.24, 2.45) is 0 Å². The van der Waals surface area contributed by atoms with Crippen LogP contribution in [0, 0.1) is 0 Å². The predicted octanol–water partition coefficient (Wildman–Crippen LogP) is 5.54. The minimum absolute atomic E-state index is 0.0110. The lowest BCUT2D eigenvalue weighted by Crippen LogP contribution is -2.30. The van der Waals surface area contributed by atoms with Gasteiger partial charge in [0.1, 0.15) is 0 Å². The number of carbonyl (C=O) groups is 2. The van der Waals surface area contributed by atoms with E-state index in [-0.39, 0.29) is 22.8 Å². The maximum atomic E-state index is 13.7. The topological polar surface area (TPSA) is 83.5 Å². The van der Waals surface area contributed by atoms with Crippen LogP contribution in [0.4, 0.5) is 11.4 Å². The second-order valence-electron chi connectivity index (χ2n) is 7.95. The van der Waals surface area contributed by atoms with E-state index < -0.39 is 15.9 Å². The summed E-state index contributed by atoms with van der Waals surface area (Å²) in [6.45, 7) is 1.61. The third-order valence-electron chi connectivity index (χ3n) is 5.45. The first kappa shape index (κ1) is 23.9. The van der Waals surface area contributed by atoms with Crippen LogP contribution < -0.4 is 9.62 Å². The number of amides is 1. The molecule has 0 radical (unpaired) electrons. The molecule has 0 aliphatic heterocycles. The van der Waals surface area contributed by atoms with Crippen molar-refractivity contribution in [2.75, 3.05) is 9.62 Å². The van der Waals surface area contributed by atoms with Crippen LogP contribution in [-0.4, -0.2) is 20.1 Å². The number of rotatable bonds is 8. The lowest BCUT2D eigenvalue weighted by molar-refractivity contribution is 0.101. The van der Waals surface area contributed by atoms with Crippen LogP contribution in [0.2, 0.25) is 0 Å². The maximum absolute atomic E-state index is 13.7. The van der Waals surface area contributed by atoms with Crippen molar-refractivity contribution in [3.8, 4) is 0 Å². The molecular formula is C28H24N2O4S. The van der Waals surface area contributed by atoms with E-state index >= 15 is 0 Å². The van der Waals surface area contributed by atoms with Crippen LogP contribution in [0.1, 0.15) is 33.2 Å². The Labute approximate surface area is 204 Å². The van der Waals surface area contributed by atoms with Gasteiger partial charge in [-0.3, -0.25) is 13.9 Å². The highest BCUT2D eigenvalue weighted by molar-refractivity contribution is 7.92. The van der Waals surface area contributed by atoms with Gasteiger partial charge in [0.2, 0.25) is 0 Å². The van der Waals surface area contributed by atoms with Crippen molar-refractivity contribution in [1.82, 2.24) is 0 Å². The molecule has 0 fully saturated rings. The normalized spacial score (nSPS) is 11.0. The van der Waals surface area contributed by atoms with Crippen LogP contribution in [0.15, 0.2) is 114 Å². The number of hydrogen-bond donors (Lipinski definition) is 1. The fourth-order valence-electron chi connectivity index (χ4n) is 3.58. The molecule has 6 nitrogen and oxygen atoms in total. The van der Waals surface area contributed by atoms with Gasteiger partial charge >= 0.3 is 0 Å². The fraction of sp³-hybridized carbons (Fsp3) is 0.0714. The van der Waals surface area contributed by atoms with Crippen molar-refractivity contribution < 1.29 is 18.0 Å². The van der Waals surface area contributed by atoms with Crippen molar-refractivity contribution in [3.05, 3.63) is 126 Å². The summed E-state index contributed by atoms with van der Waals surface area (Å²) in [5, 5.41) is 2.75. The summed E-state index contributed by atoms with van der Waals surface area (Å²) < 4.78 is 28.8. The Hall–Kier alpha value is -4.23. The minimum Gasteiger partial charge on any atom is -0.322 e. The zero-order valence-electron chi connectivity index (χ0n) is 19.1. The Kier molecular flexibility index (Phi) is 7.08. The maximum Gasteiger partial charge on any atom is 0.264 e. The van der Waals surface area contributed by atoms with Crippen molar-refractivity contribution in [2.45, 2.75) is 18.4 Å². The Morgan fingerprint density at radius 2 is 1.37 bits per heavy atom.